The lowest BCUT2D eigenvalue weighted by atomic mass is 10.4. The van der Waals surface area contributed by atoms with E-state index < -0.39 is 0 Å². The molecule has 0 saturated heterocycles. The van der Waals surface area contributed by atoms with E-state index in [9.17, 15) is 0 Å². The first kappa shape index (κ1) is 12.5. The SMILES string of the molecule is CCCN(CC)c1nc(N)nc(N(C)C)n1. The van der Waals surface area contributed by atoms with Gasteiger partial charge in [-0.15, -0.1) is 0 Å². The van der Waals surface area contributed by atoms with Crippen LogP contribution >= 0.6 is 0 Å². The zero-order valence-electron chi connectivity index (χ0n) is 10.4. The van der Waals surface area contributed by atoms with Crippen molar-refractivity contribution in [1.82, 2.24) is 15.0 Å². The van der Waals surface area contributed by atoms with E-state index in [0.29, 0.717) is 11.9 Å². The highest BCUT2D eigenvalue weighted by molar-refractivity contribution is 5.42. The smallest absolute Gasteiger partial charge is 0.231 e. The molecule has 1 heterocycles. The zero-order chi connectivity index (χ0) is 12.1. The van der Waals surface area contributed by atoms with Gasteiger partial charge in [-0.25, -0.2) is 0 Å². The molecule has 2 N–H and O–H groups in total. The quantitative estimate of drug-likeness (QED) is 0.796. The molecule has 6 heteroatoms. The van der Waals surface area contributed by atoms with Crippen LogP contribution in [0.5, 0.6) is 0 Å². The van der Waals surface area contributed by atoms with Gasteiger partial charge in [0, 0.05) is 27.2 Å². The minimum Gasteiger partial charge on any atom is -0.368 e. The first-order valence-corrected chi connectivity index (χ1v) is 5.52. The van der Waals surface area contributed by atoms with Gasteiger partial charge in [-0.3, -0.25) is 0 Å². The first-order valence-electron chi connectivity index (χ1n) is 5.52. The summed E-state index contributed by atoms with van der Waals surface area (Å²) in [5.74, 6) is 1.51. The lowest BCUT2D eigenvalue weighted by Crippen LogP contribution is -2.27. The lowest BCUT2D eigenvalue weighted by molar-refractivity contribution is 0.756. The molecule has 0 unspecified atom stereocenters. The molecular formula is C10H20N6. The minimum absolute atomic E-state index is 0.267. The summed E-state index contributed by atoms with van der Waals surface area (Å²) < 4.78 is 0. The third-order valence-corrected chi connectivity index (χ3v) is 2.19. The summed E-state index contributed by atoms with van der Waals surface area (Å²) in [4.78, 5) is 16.5. The standard InChI is InChI=1S/C10H20N6/c1-5-7-16(6-2)10-13-8(11)12-9(14-10)15(3)4/h5-7H2,1-4H3,(H2,11,12,13,14). The summed E-state index contributed by atoms with van der Waals surface area (Å²) in [6.45, 7) is 5.99. The Labute approximate surface area is 96.5 Å². The predicted octanol–water partition coefficient (Wildman–Crippen LogP) is 0.756. The second-order valence-corrected chi connectivity index (χ2v) is 3.77. The van der Waals surface area contributed by atoms with Crippen LogP contribution in [0.3, 0.4) is 0 Å². The predicted molar refractivity (Wildman–Crippen MR) is 66.7 cm³/mol. The maximum Gasteiger partial charge on any atom is 0.231 e. The van der Waals surface area contributed by atoms with Gasteiger partial charge in [0.2, 0.25) is 17.8 Å². The number of anilines is 3. The summed E-state index contributed by atoms with van der Waals surface area (Å²) in [5, 5.41) is 0. The minimum atomic E-state index is 0.267. The van der Waals surface area contributed by atoms with E-state index in [1.54, 1.807) is 0 Å². The Morgan fingerprint density at radius 3 is 2.19 bits per heavy atom. The molecule has 1 rings (SSSR count). The van der Waals surface area contributed by atoms with Crippen LogP contribution in [0.4, 0.5) is 17.8 Å². The first-order chi connectivity index (χ1) is 7.58. The van der Waals surface area contributed by atoms with E-state index in [1.807, 2.05) is 19.0 Å². The van der Waals surface area contributed by atoms with Crippen molar-refractivity contribution in [3.8, 4) is 0 Å². The molecule has 90 valence electrons. The maximum absolute atomic E-state index is 5.67. The zero-order valence-corrected chi connectivity index (χ0v) is 10.4. The fourth-order valence-electron chi connectivity index (χ4n) is 1.38. The van der Waals surface area contributed by atoms with Crippen molar-refractivity contribution >= 4 is 17.8 Å². The molecule has 0 bridgehead atoms. The molecule has 0 aromatic carbocycles. The molecule has 0 aliphatic carbocycles. The summed E-state index contributed by atoms with van der Waals surface area (Å²) >= 11 is 0. The van der Waals surface area contributed by atoms with Gasteiger partial charge in [0.1, 0.15) is 0 Å². The van der Waals surface area contributed by atoms with Crippen molar-refractivity contribution in [3.05, 3.63) is 0 Å². The normalized spacial score (nSPS) is 10.2. The van der Waals surface area contributed by atoms with Crippen LogP contribution in [0.1, 0.15) is 20.3 Å². The van der Waals surface area contributed by atoms with Crippen molar-refractivity contribution in [2.75, 3.05) is 42.7 Å². The number of rotatable bonds is 5. The van der Waals surface area contributed by atoms with Crippen LogP contribution in [0.15, 0.2) is 0 Å². The summed E-state index contributed by atoms with van der Waals surface area (Å²) in [5.41, 5.74) is 5.67. The van der Waals surface area contributed by atoms with E-state index in [0.717, 1.165) is 19.5 Å². The van der Waals surface area contributed by atoms with Crippen molar-refractivity contribution in [1.29, 1.82) is 0 Å². The fourth-order valence-corrected chi connectivity index (χ4v) is 1.38. The largest absolute Gasteiger partial charge is 0.368 e. The Morgan fingerprint density at radius 2 is 1.69 bits per heavy atom. The van der Waals surface area contributed by atoms with Gasteiger partial charge in [0.05, 0.1) is 0 Å². The average molecular weight is 224 g/mol. The molecule has 0 fully saturated rings. The van der Waals surface area contributed by atoms with Gasteiger partial charge < -0.3 is 15.5 Å². The van der Waals surface area contributed by atoms with Crippen LogP contribution in [-0.4, -0.2) is 42.1 Å². The second-order valence-electron chi connectivity index (χ2n) is 3.77. The number of hydrogen-bond donors (Lipinski definition) is 1. The Hall–Kier alpha value is -1.59. The molecule has 0 atom stereocenters. The van der Waals surface area contributed by atoms with E-state index in [4.69, 9.17) is 5.73 Å². The number of aromatic nitrogens is 3. The van der Waals surface area contributed by atoms with Crippen molar-refractivity contribution in [3.63, 3.8) is 0 Å². The van der Waals surface area contributed by atoms with Crippen molar-refractivity contribution in [2.24, 2.45) is 0 Å². The Balaban J connectivity index is 3.02. The van der Waals surface area contributed by atoms with E-state index in [-0.39, 0.29) is 5.95 Å². The molecule has 0 saturated carbocycles. The number of hydrogen-bond acceptors (Lipinski definition) is 6. The van der Waals surface area contributed by atoms with Gasteiger partial charge in [-0.2, -0.15) is 15.0 Å². The lowest BCUT2D eigenvalue weighted by Gasteiger charge is -2.21. The summed E-state index contributed by atoms with van der Waals surface area (Å²) in [6, 6.07) is 0. The maximum atomic E-state index is 5.67. The van der Waals surface area contributed by atoms with Crippen molar-refractivity contribution < 1.29 is 0 Å². The summed E-state index contributed by atoms with van der Waals surface area (Å²) in [6.07, 6.45) is 1.05. The highest BCUT2D eigenvalue weighted by atomic mass is 15.3. The van der Waals surface area contributed by atoms with E-state index in [2.05, 4.69) is 33.7 Å². The van der Waals surface area contributed by atoms with Gasteiger partial charge in [-0.05, 0) is 13.3 Å². The average Bonchev–Trinajstić information content (AvgIpc) is 2.24. The molecule has 0 amide bonds. The van der Waals surface area contributed by atoms with Crippen LogP contribution in [0, 0.1) is 0 Å². The van der Waals surface area contributed by atoms with Gasteiger partial charge in [0.25, 0.3) is 0 Å². The second kappa shape index (κ2) is 5.48. The van der Waals surface area contributed by atoms with Gasteiger partial charge in [-0.1, -0.05) is 6.92 Å². The number of nitrogen functional groups attached to an aromatic ring is 1. The van der Waals surface area contributed by atoms with Crippen LogP contribution < -0.4 is 15.5 Å². The fraction of sp³-hybridized carbons (Fsp3) is 0.700. The highest BCUT2D eigenvalue weighted by Gasteiger charge is 2.11. The van der Waals surface area contributed by atoms with Gasteiger partial charge >= 0.3 is 0 Å². The number of nitrogens with two attached hydrogens (primary N) is 1. The van der Waals surface area contributed by atoms with E-state index >= 15 is 0 Å². The van der Waals surface area contributed by atoms with Crippen LogP contribution in [0.25, 0.3) is 0 Å². The Morgan fingerprint density at radius 1 is 1.06 bits per heavy atom. The number of nitrogens with zero attached hydrogens (tertiary/aromatic N) is 5. The molecule has 0 radical (unpaired) electrons. The molecular weight excluding hydrogens is 204 g/mol. The third kappa shape index (κ3) is 2.95. The van der Waals surface area contributed by atoms with Gasteiger partial charge in [0.15, 0.2) is 0 Å². The Kier molecular flexibility index (Phi) is 4.28. The molecule has 0 aliphatic rings. The Bertz CT molecular complexity index is 338. The highest BCUT2D eigenvalue weighted by Crippen LogP contribution is 2.13. The summed E-state index contributed by atoms with van der Waals surface area (Å²) in [7, 11) is 3.77. The molecule has 0 spiro atoms. The van der Waals surface area contributed by atoms with Crippen LogP contribution in [0.2, 0.25) is 0 Å². The molecule has 1 aromatic rings. The molecule has 16 heavy (non-hydrogen) atoms. The molecule has 0 aliphatic heterocycles. The molecule has 1 aromatic heterocycles. The monoisotopic (exact) mass is 224 g/mol. The third-order valence-electron chi connectivity index (χ3n) is 2.19. The molecule has 6 nitrogen and oxygen atoms in total. The van der Waals surface area contributed by atoms with Crippen LogP contribution in [-0.2, 0) is 0 Å². The topological polar surface area (TPSA) is 71.2 Å². The van der Waals surface area contributed by atoms with Crippen molar-refractivity contribution in [2.45, 2.75) is 20.3 Å². The van der Waals surface area contributed by atoms with E-state index in [1.165, 1.54) is 0 Å².